The summed E-state index contributed by atoms with van der Waals surface area (Å²) in [4.78, 5) is 11.3. The summed E-state index contributed by atoms with van der Waals surface area (Å²) in [6.45, 7) is 2.09. The van der Waals surface area contributed by atoms with Crippen LogP contribution < -0.4 is 4.74 Å². The van der Waals surface area contributed by atoms with Gasteiger partial charge < -0.3 is 14.6 Å². The van der Waals surface area contributed by atoms with Gasteiger partial charge in [-0.2, -0.15) is 0 Å². The van der Waals surface area contributed by atoms with Crippen LogP contribution in [0, 0.1) is 0 Å². The Labute approximate surface area is 93.8 Å². The van der Waals surface area contributed by atoms with Crippen molar-refractivity contribution in [2.75, 3.05) is 6.61 Å². The van der Waals surface area contributed by atoms with Gasteiger partial charge >= 0.3 is 5.97 Å². The van der Waals surface area contributed by atoms with Gasteiger partial charge in [0.05, 0.1) is 13.0 Å². The van der Waals surface area contributed by atoms with E-state index in [1.54, 1.807) is 19.1 Å². The highest BCUT2D eigenvalue weighted by Crippen LogP contribution is 2.37. The number of fused-ring (bicyclic) bond motifs is 1. The largest absolute Gasteiger partial charge is 0.486 e. The van der Waals surface area contributed by atoms with E-state index in [0.29, 0.717) is 12.4 Å². The molecule has 2 atom stereocenters. The van der Waals surface area contributed by atoms with Crippen LogP contribution in [0.2, 0.25) is 0 Å². The Balaban J connectivity index is 2.04. The lowest BCUT2D eigenvalue weighted by molar-refractivity contribution is -0.146. The maximum atomic E-state index is 11.3. The van der Waals surface area contributed by atoms with Crippen molar-refractivity contribution < 1.29 is 19.4 Å². The van der Waals surface area contributed by atoms with Gasteiger partial charge in [0.15, 0.2) is 0 Å². The third-order valence-corrected chi connectivity index (χ3v) is 2.54. The van der Waals surface area contributed by atoms with E-state index in [2.05, 4.69) is 0 Å². The van der Waals surface area contributed by atoms with Crippen molar-refractivity contribution >= 4 is 5.97 Å². The average Bonchev–Trinajstić information content (AvgIpc) is 2.57. The summed E-state index contributed by atoms with van der Waals surface area (Å²) in [6.07, 6.45) is -1.21. The van der Waals surface area contributed by atoms with Crippen LogP contribution in [0.3, 0.4) is 0 Å². The lowest BCUT2D eigenvalue weighted by Crippen LogP contribution is -2.23. The normalized spacial score (nSPS) is 22.4. The molecule has 0 aliphatic carbocycles. The highest BCUT2D eigenvalue weighted by Gasteiger charge is 2.34. The van der Waals surface area contributed by atoms with E-state index in [-0.39, 0.29) is 12.4 Å². The smallest absolute Gasteiger partial charge is 0.309 e. The molecule has 86 valence electrons. The third-order valence-electron chi connectivity index (χ3n) is 2.54. The van der Waals surface area contributed by atoms with Gasteiger partial charge in [0, 0.05) is 5.56 Å². The number of para-hydroxylation sites is 1. The first-order valence-electron chi connectivity index (χ1n) is 5.31. The summed E-state index contributed by atoms with van der Waals surface area (Å²) in [7, 11) is 0. The SMILES string of the molecule is CCOC(=O)CC1Oc2ccccc2C1O. The van der Waals surface area contributed by atoms with Gasteiger partial charge in [-0.25, -0.2) is 0 Å². The highest BCUT2D eigenvalue weighted by atomic mass is 16.5. The van der Waals surface area contributed by atoms with Gasteiger partial charge in [0.1, 0.15) is 18.0 Å². The Morgan fingerprint density at radius 3 is 2.94 bits per heavy atom. The predicted molar refractivity (Wildman–Crippen MR) is 57.1 cm³/mol. The molecule has 1 aromatic rings. The van der Waals surface area contributed by atoms with E-state index in [4.69, 9.17) is 9.47 Å². The van der Waals surface area contributed by atoms with Crippen LogP contribution in [0.1, 0.15) is 25.0 Å². The zero-order valence-corrected chi connectivity index (χ0v) is 9.05. The molecule has 1 aliphatic heterocycles. The first-order valence-corrected chi connectivity index (χ1v) is 5.31. The lowest BCUT2D eigenvalue weighted by atomic mass is 10.1. The first kappa shape index (κ1) is 11.0. The molecular formula is C12H14O4. The van der Waals surface area contributed by atoms with Crippen LogP contribution in [0.5, 0.6) is 5.75 Å². The Kier molecular flexibility index (Phi) is 3.10. The van der Waals surface area contributed by atoms with Gasteiger partial charge in [0.2, 0.25) is 0 Å². The van der Waals surface area contributed by atoms with Crippen LogP contribution in [-0.4, -0.2) is 23.8 Å². The summed E-state index contributed by atoms with van der Waals surface area (Å²) >= 11 is 0. The minimum absolute atomic E-state index is 0.0731. The number of carbonyl (C=O) groups is 1. The number of carbonyl (C=O) groups excluding carboxylic acids is 1. The van der Waals surface area contributed by atoms with Crippen LogP contribution >= 0.6 is 0 Å². The van der Waals surface area contributed by atoms with Crippen LogP contribution in [0.25, 0.3) is 0 Å². The lowest BCUT2D eigenvalue weighted by Gasteiger charge is -2.13. The van der Waals surface area contributed by atoms with E-state index < -0.39 is 12.2 Å². The number of hydrogen-bond donors (Lipinski definition) is 1. The fraction of sp³-hybridized carbons (Fsp3) is 0.417. The highest BCUT2D eigenvalue weighted by molar-refractivity contribution is 5.70. The molecule has 0 aromatic heterocycles. The molecule has 2 unspecified atom stereocenters. The maximum absolute atomic E-state index is 11.3. The predicted octanol–water partition coefficient (Wildman–Crippen LogP) is 1.43. The van der Waals surface area contributed by atoms with Crippen molar-refractivity contribution in [3.05, 3.63) is 29.8 Å². The third kappa shape index (κ3) is 2.02. The zero-order chi connectivity index (χ0) is 11.5. The number of aliphatic hydroxyl groups is 1. The summed E-state index contributed by atoms with van der Waals surface area (Å²) in [6, 6.07) is 7.24. The minimum atomic E-state index is -0.749. The summed E-state index contributed by atoms with van der Waals surface area (Å²) < 4.78 is 10.3. The zero-order valence-electron chi connectivity index (χ0n) is 9.05. The molecule has 16 heavy (non-hydrogen) atoms. The van der Waals surface area contributed by atoms with Crippen molar-refractivity contribution in [2.45, 2.75) is 25.6 Å². The molecule has 1 N–H and O–H groups in total. The van der Waals surface area contributed by atoms with Gasteiger partial charge in [-0.05, 0) is 13.0 Å². The summed E-state index contributed by atoms with van der Waals surface area (Å²) in [5.74, 6) is 0.295. The standard InChI is InChI=1S/C12H14O4/c1-2-15-11(13)7-10-12(14)8-5-3-4-6-9(8)16-10/h3-6,10,12,14H,2,7H2,1H3. The fourth-order valence-electron chi connectivity index (χ4n) is 1.80. The molecule has 1 aliphatic rings. The number of esters is 1. The molecule has 0 radical (unpaired) electrons. The molecule has 0 fully saturated rings. The molecule has 4 heteroatoms. The van der Waals surface area contributed by atoms with Crippen molar-refractivity contribution in [2.24, 2.45) is 0 Å². The number of hydrogen-bond acceptors (Lipinski definition) is 4. The minimum Gasteiger partial charge on any atom is -0.486 e. The molecule has 0 saturated carbocycles. The van der Waals surface area contributed by atoms with Crippen LogP contribution in [-0.2, 0) is 9.53 Å². The second kappa shape index (κ2) is 4.53. The van der Waals surface area contributed by atoms with Crippen molar-refractivity contribution in [3.63, 3.8) is 0 Å². The quantitative estimate of drug-likeness (QED) is 0.786. The van der Waals surface area contributed by atoms with Gasteiger partial charge in [-0.15, -0.1) is 0 Å². The first-order chi connectivity index (χ1) is 7.72. The Morgan fingerprint density at radius 2 is 2.25 bits per heavy atom. The molecule has 4 nitrogen and oxygen atoms in total. The topological polar surface area (TPSA) is 55.8 Å². The van der Waals surface area contributed by atoms with E-state index in [0.717, 1.165) is 5.56 Å². The second-order valence-corrected chi connectivity index (χ2v) is 3.65. The Morgan fingerprint density at radius 1 is 1.50 bits per heavy atom. The maximum Gasteiger partial charge on any atom is 0.309 e. The van der Waals surface area contributed by atoms with Crippen molar-refractivity contribution in [1.29, 1.82) is 0 Å². The summed E-state index contributed by atoms with van der Waals surface area (Å²) in [5, 5.41) is 9.93. The number of rotatable bonds is 3. The summed E-state index contributed by atoms with van der Waals surface area (Å²) in [5.41, 5.74) is 0.733. The molecule has 1 aromatic carbocycles. The molecular weight excluding hydrogens is 208 g/mol. The van der Waals surface area contributed by atoms with Gasteiger partial charge in [-0.3, -0.25) is 4.79 Å². The second-order valence-electron chi connectivity index (χ2n) is 3.65. The molecule has 0 saturated heterocycles. The van der Waals surface area contributed by atoms with Crippen LogP contribution in [0.4, 0.5) is 0 Å². The molecule has 0 bridgehead atoms. The fourth-order valence-corrected chi connectivity index (χ4v) is 1.80. The van der Waals surface area contributed by atoms with Crippen molar-refractivity contribution in [1.82, 2.24) is 0 Å². The Hall–Kier alpha value is -1.55. The number of benzene rings is 1. The van der Waals surface area contributed by atoms with E-state index >= 15 is 0 Å². The molecule has 0 spiro atoms. The van der Waals surface area contributed by atoms with E-state index in [1.807, 2.05) is 12.1 Å². The van der Waals surface area contributed by atoms with E-state index in [9.17, 15) is 9.90 Å². The monoisotopic (exact) mass is 222 g/mol. The van der Waals surface area contributed by atoms with Gasteiger partial charge in [0.25, 0.3) is 0 Å². The molecule has 2 rings (SSSR count). The number of aliphatic hydroxyl groups excluding tert-OH is 1. The van der Waals surface area contributed by atoms with Gasteiger partial charge in [-0.1, -0.05) is 18.2 Å². The Bertz CT molecular complexity index is 388. The average molecular weight is 222 g/mol. The molecule has 1 heterocycles. The van der Waals surface area contributed by atoms with Crippen LogP contribution in [0.15, 0.2) is 24.3 Å². The number of ether oxygens (including phenoxy) is 2. The van der Waals surface area contributed by atoms with E-state index in [1.165, 1.54) is 0 Å². The van der Waals surface area contributed by atoms with Crippen molar-refractivity contribution in [3.8, 4) is 5.75 Å². The molecule has 0 amide bonds.